The molecule has 0 aromatic rings. The summed E-state index contributed by atoms with van der Waals surface area (Å²) in [5.41, 5.74) is 1.37. The van der Waals surface area contributed by atoms with Crippen LogP contribution in [-0.4, -0.2) is 55.2 Å². The lowest BCUT2D eigenvalue weighted by molar-refractivity contribution is 0.139. The molecule has 3 rings (SSSR count). The number of methoxy groups -OCH3 is 1. The van der Waals surface area contributed by atoms with Gasteiger partial charge in [0.2, 0.25) is 0 Å². The molecule has 1 unspecified atom stereocenters. The number of nitrogens with one attached hydrogen (secondary N) is 1. The van der Waals surface area contributed by atoms with Gasteiger partial charge in [-0.25, -0.2) is 0 Å². The van der Waals surface area contributed by atoms with E-state index < -0.39 is 0 Å². The van der Waals surface area contributed by atoms with Crippen molar-refractivity contribution in [2.45, 2.75) is 58.4 Å². The van der Waals surface area contributed by atoms with Crippen molar-refractivity contribution in [2.24, 2.45) is 17.8 Å². The van der Waals surface area contributed by atoms with E-state index in [0.29, 0.717) is 17.9 Å². The van der Waals surface area contributed by atoms with Gasteiger partial charge in [0.25, 0.3) is 0 Å². The molecule has 0 saturated carbocycles. The van der Waals surface area contributed by atoms with Crippen LogP contribution < -0.4 is 5.32 Å². The van der Waals surface area contributed by atoms with Crippen molar-refractivity contribution >= 4 is 11.6 Å². The van der Waals surface area contributed by atoms with Crippen LogP contribution in [0.1, 0.15) is 52.4 Å². The van der Waals surface area contributed by atoms with Crippen LogP contribution in [0.3, 0.4) is 0 Å². The van der Waals surface area contributed by atoms with Crippen molar-refractivity contribution in [1.82, 2.24) is 10.2 Å². The number of hydrogen-bond donors (Lipinski definition) is 1. The largest absolute Gasteiger partial charge is 0.501 e. The molecule has 5 N–H and O–H groups in total. The van der Waals surface area contributed by atoms with Gasteiger partial charge in [0.05, 0.1) is 12.9 Å². The third-order valence-electron chi connectivity index (χ3n) is 6.85. The summed E-state index contributed by atoms with van der Waals surface area (Å²) in [7, 11) is 1.80. The van der Waals surface area contributed by atoms with Gasteiger partial charge in [0.15, 0.2) is 0 Å². The molecule has 2 aliphatic carbocycles. The molecular weight excluding hydrogens is 412 g/mol. The zero-order valence-electron chi connectivity index (χ0n) is 19.5. The highest BCUT2D eigenvalue weighted by Gasteiger charge is 2.27. The normalized spacial score (nSPS) is 23.3. The Hall–Kier alpha value is -1.11. The lowest BCUT2D eigenvalue weighted by Gasteiger charge is -2.38. The number of piperidine rings is 1. The molecule has 3 aliphatic rings. The second kappa shape index (κ2) is 14.1. The van der Waals surface area contributed by atoms with Crippen LogP contribution in [0, 0.1) is 17.8 Å². The van der Waals surface area contributed by atoms with Crippen molar-refractivity contribution in [1.29, 1.82) is 0 Å². The van der Waals surface area contributed by atoms with E-state index in [-0.39, 0.29) is 11.0 Å². The summed E-state index contributed by atoms with van der Waals surface area (Å²) in [5, 5.41) is 4.74. The number of nitrogens with zero attached hydrogens (tertiary/aromatic N) is 1. The summed E-state index contributed by atoms with van der Waals surface area (Å²) in [4.78, 5) is 2.67. The highest BCUT2D eigenvalue weighted by molar-refractivity contribution is 6.31. The molecule has 0 bridgehead atoms. The van der Waals surface area contributed by atoms with Gasteiger partial charge >= 0.3 is 0 Å². The van der Waals surface area contributed by atoms with Crippen molar-refractivity contribution in [3.05, 3.63) is 46.7 Å². The van der Waals surface area contributed by atoms with Gasteiger partial charge < -0.3 is 25.9 Å². The summed E-state index contributed by atoms with van der Waals surface area (Å²) in [6.45, 7) is 9.30. The average molecular weight is 455 g/mol. The molecule has 1 saturated heterocycles. The van der Waals surface area contributed by atoms with Crippen LogP contribution in [0.25, 0.3) is 0 Å². The molecule has 1 fully saturated rings. The Kier molecular flexibility index (Phi) is 12.7. The first kappa shape index (κ1) is 27.9. The van der Waals surface area contributed by atoms with E-state index in [4.69, 9.17) is 16.3 Å². The summed E-state index contributed by atoms with van der Waals surface area (Å²) in [6.07, 6.45) is 18.1. The Balaban J connectivity index is 0.00000240. The topological polar surface area (TPSA) is 87.5 Å². The molecule has 178 valence electrons. The quantitative estimate of drug-likeness (QED) is 0.571. The van der Waals surface area contributed by atoms with Crippen LogP contribution in [-0.2, 0) is 4.74 Å². The molecular formula is C25H43ClN2O3. The summed E-state index contributed by atoms with van der Waals surface area (Å²) >= 11 is 6.08. The molecule has 6 heteroatoms. The first-order chi connectivity index (χ1) is 14.1. The Morgan fingerprint density at radius 1 is 1.19 bits per heavy atom. The standard InChI is InChI=1S/C25H39ClN2O.2H2O/c1-19(2)24(27-15-12-22-6-4-5-7-25(22)29-3)18-28-16-13-21(14-17-28)20-8-10-23(26)11-9-20;;/h4,6,8,10-11,19-21,24,27H,5,7,9,12-18H2,1-3H3;2*1H2/t20?,24-;;/m0../s1. The lowest BCUT2D eigenvalue weighted by Crippen LogP contribution is -2.47. The molecule has 0 aromatic heterocycles. The maximum Gasteiger partial charge on any atom is 0.0990 e. The molecule has 0 spiro atoms. The van der Waals surface area contributed by atoms with Gasteiger partial charge in [-0.2, -0.15) is 0 Å². The van der Waals surface area contributed by atoms with Crippen LogP contribution in [0.4, 0.5) is 0 Å². The number of rotatable bonds is 9. The van der Waals surface area contributed by atoms with Gasteiger partial charge in [0.1, 0.15) is 0 Å². The molecule has 0 radical (unpaired) electrons. The van der Waals surface area contributed by atoms with E-state index in [1.165, 1.54) is 37.3 Å². The van der Waals surface area contributed by atoms with Gasteiger partial charge in [-0.1, -0.05) is 49.8 Å². The fourth-order valence-electron chi connectivity index (χ4n) is 4.85. The van der Waals surface area contributed by atoms with E-state index >= 15 is 0 Å². The van der Waals surface area contributed by atoms with E-state index in [1.54, 1.807) is 7.11 Å². The Morgan fingerprint density at radius 3 is 2.55 bits per heavy atom. The molecule has 0 amide bonds. The maximum absolute atomic E-state index is 6.08. The molecule has 0 aromatic carbocycles. The summed E-state index contributed by atoms with van der Waals surface area (Å²) in [6, 6.07) is 0.544. The second-order valence-electron chi connectivity index (χ2n) is 9.13. The summed E-state index contributed by atoms with van der Waals surface area (Å²) < 4.78 is 5.57. The van der Waals surface area contributed by atoms with Gasteiger partial charge in [-0.05, 0) is 81.1 Å². The van der Waals surface area contributed by atoms with Crippen LogP contribution >= 0.6 is 11.6 Å². The summed E-state index contributed by atoms with van der Waals surface area (Å²) in [5.74, 6) is 3.31. The number of ether oxygens (including phenoxy) is 1. The number of likely N-dealkylation sites (tertiary alicyclic amines) is 1. The molecule has 1 aliphatic heterocycles. The second-order valence-corrected chi connectivity index (χ2v) is 9.57. The Morgan fingerprint density at radius 2 is 1.94 bits per heavy atom. The number of hydrogen-bond acceptors (Lipinski definition) is 3. The number of allylic oxidation sites excluding steroid dienone is 7. The van der Waals surface area contributed by atoms with E-state index in [9.17, 15) is 0 Å². The molecule has 31 heavy (non-hydrogen) atoms. The zero-order valence-corrected chi connectivity index (χ0v) is 20.3. The fraction of sp³-hybridized carbons (Fsp3) is 0.680. The average Bonchev–Trinajstić information content (AvgIpc) is 2.74. The van der Waals surface area contributed by atoms with Crippen molar-refractivity contribution < 1.29 is 15.7 Å². The van der Waals surface area contributed by atoms with Gasteiger partial charge in [-0.3, -0.25) is 0 Å². The minimum atomic E-state index is 0. The van der Waals surface area contributed by atoms with E-state index in [2.05, 4.69) is 54.4 Å². The number of halogens is 1. The van der Waals surface area contributed by atoms with Gasteiger partial charge in [-0.15, -0.1) is 0 Å². The van der Waals surface area contributed by atoms with Crippen molar-refractivity contribution in [2.75, 3.05) is 33.3 Å². The predicted octanol–water partition coefficient (Wildman–Crippen LogP) is 4.00. The van der Waals surface area contributed by atoms with E-state index in [0.717, 1.165) is 49.7 Å². The smallest absolute Gasteiger partial charge is 0.0990 e. The maximum atomic E-state index is 6.08. The van der Waals surface area contributed by atoms with E-state index in [1.807, 2.05) is 0 Å². The minimum Gasteiger partial charge on any atom is -0.501 e. The Bertz CT molecular complexity index is 649. The van der Waals surface area contributed by atoms with Gasteiger partial charge in [0, 0.05) is 24.0 Å². The highest BCUT2D eigenvalue weighted by Crippen LogP contribution is 2.32. The highest BCUT2D eigenvalue weighted by atomic mass is 35.5. The predicted molar refractivity (Wildman–Crippen MR) is 131 cm³/mol. The SMILES string of the molecule is COC1=C(CCN[C@@H](CN2CCC(C3C=CC(Cl)=CC3)CC2)C(C)C)C=CCC1.O.O. The first-order valence-corrected chi connectivity index (χ1v) is 11.9. The monoisotopic (exact) mass is 454 g/mol. The van der Waals surface area contributed by atoms with Crippen LogP contribution in [0.5, 0.6) is 0 Å². The molecule has 5 nitrogen and oxygen atoms in total. The van der Waals surface area contributed by atoms with Crippen LogP contribution in [0.2, 0.25) is 0 Å². The lowest BCUT2D eigenvalue weighted by atomic mass is 9.80. The molecule has 1 heterocycles. The minimum absolute atomic E-state index is 0. The third kappa shape index (κ3) is 8.39. The van der Waals surface area contributed by atoms with Crippen molar-refractivity contribution in [3.8, 4) is 0 Å². The zero-order chi connectivity index (χ0) is 20.6. The van der Waals surface area contributed by atoms with Crippen LogP contribution in [0.15, 0.2) is 46.7 Å². The molecule has 2 atom stereocenters. The third-order valence-corrected chi connectivity index (χ3v) is 7.13. The van der Waals surface area contributed by atoms with Crippen molar-refractivity contribution in [3.63, 3.8) is 0 Å². The fourth-order valence-corrected chi connectivity index (χ4v) is 5.02. The first-order valence-electron chi connectivity index (χ1n) is 11.5. The Labute approximate surface area is 193 Å².